The fourth-order valence-corrected chi connectivity index (χ4v) is 4.63. The Morgan fingerprint density at radius 2 is 1.89 bits per heavy atom. The summed E-state index contributed by atoms with van der Waals surface area (Å²) >= 11 is 0. The molecule has 0 aromatic carbocycles. The van der Waals surface area contributed by atoms with Gasteiger partial charge in [-0.3, -0.25) is 4.79 Å². The number of hydrogen-bond donors (Lipinski definition) is 3. The van der Waals surface area contributed by atoms with Gasteiger partial charge in [-0.2, -0.15) is 4.98 Å². The number of hydrogen-bond acceptors (Lipinski definition) is 10. The lowest BCUT2D eigenvalue weighted by Gasteiger charge is -2.36. The van der Waals surface area contributed by atoms with Crippen LogP contribution in [0.15, 0.2) is 12.4 Å². The van der Waals surface area contributed by atoms with Gasteiger partial charge in [-0.15, -0.1) is 0 Å². The molecule has 2 aliphatic heterocycles. The molecule has 0 spiro atoms. The van der Waals surface area contributed by atoms with Crippen LogP contribution in [0, 0.1) is 5.82 Å². The van der Waals surface area contributed by atoms with Crippen LogP contribution in [-0.4, -0.2) is 93.1 Å². The number of nitrogens with one attached hydrogen (secondary N) is 1. The number of nitrogens with two attached hydrogens (primary N) is 1. The van der Waals surface area contributed by atoms with E-state index in [0.717, 1.165) is 0 Å². The third-order valence-corrected chi connectivity index (χ3v) is 6.94. The molecule has 5 rings (SSSR count). The van der Waals surface area contributed by atoms with E-state index >= 15 is 4.39 Å². The van der Waals surface area contributed by atoms with E-state index in [1.807, 2.05) is 4.90 Å². The maximum atomic E-state index is 15.7. The van der Waals surface area contributed by atoms with E-state index in [9.17, 15) is 14.3 Å². The smallest absolute Gasteiger partial charge is 0.260 e. The molecule has 1 atom stereocenters. The summed E-state index contributed by atoms with van der Waals surface area (Å²) in [5.41, 5.74) is 2.94. The fraction of sp³-hybridized carbons (Fsp3) is 0.591. The summed E-state index contributed by atoms with van der Waals surface area (Å²) in [6, 6.07) is 0. The number of carbonyl (C=O) groups is 1. The molecule has 13 heteroatoms. The van der Waals surface area contributed by atoms with E-state index in [2.05, 4.69) is 25.3 Å². The van der Waals surface area contributed by atoms with Crippen LogP contribution in [0.5, 0.6) is 0 Å². The zero-order chi connectivity index (χ0) is 24.6. The molecular formula is C22H28F2N8O3. The van der Waals surface area contributed by atoms with Crippen molar-refractivity contribution in [3.63, 3.8) is 0 Å². The van der Waals surface area contributed by atoms with Crippen molar-refractivity contribution in [1.29, 1.82) is 0 Å². The molecule has 11 nitrogen and oxygen atoms in total. The highest BCUT2D eigenvalue weighted by molar-refractivity contribution is 5.86. The summed E-state index contributed by atoms with van der Waals surface area (Å²) in [5, 5.41) is 13.3. The van der Waals surface area contributed by atoms with Crippen molar-refractivity contribution >= 4 is 23.6 Å². The topological polar surface area (TPSA) is 143 Å². The predicted molar refractivity (Wildman–Crippen MR) is 123 cm³/mol. The van der Waals surface area contributed by atoms with Crippen molar-refractivity contribution in [2.24, 2.45) is 0 Å². The molecule has 1 aliphatic carbocycles. The van der Waals surface area contributed by atoms with Crippen LogP contribution in [0.25, 0.3) is 11.3 Å². The first kappa shape index (κ1) is 23.5. The van der Waals surface area contributed by atoms with Gasteiger partial charge in [-0.1, -0.05) is 0 Å². The SMILES string of the molecule is Nc1ncc(-c2nc(N3CCOCC3)nc(N[C@@]3(CO)CCN(C(=O)C4(F)CCC4)C3)c2F)cn1. The van der Waals surface area contributed by atoms with Crippen molar-refractivity contribution in [3.05, 3.63) is 18.2 Å². The molecule has 4 N–H and O–H groups in total. The second-order valence-corrected chi connectivity index (χ2v) is 9.32. The van der Waals surface area contributed by atoms with E-state index in [-0.39, 0.29) is 49.3 Å². The number of carbonyl (C=O) groups excluding carboxylic acids is 1. The Labute approximate surface area is 200 Å². The van der Waals surface area contributed by atoms with Gasteiger partial charge in [0.1, 0.15) is 5.69 Å². The van der Waals surface area contributed by atoms with E-state index in [0.29, 0.717) is 44.7 Å². The molecule has 1 saturated carbocycles. The number of ether oxygens (including phenoxy) is 1. The molecule has 2 aromatic rings. The van der Waals surface area contributed by atoms with Gasteiger partial charge in [0.25, 0.3) is 5.91 Å². The second kappa shape index (κ2) is 9.11. The van der Waals surface area contributed by atoms with Crippen LogP contribution in [0.4, 0.5) is 26.5 Å². The number of halogens is 2. The average Bonchev–Trinajstić information content (AvgIpc) is 3.29. The maximum absolute atomic E-state index is 15.7. The summed E-state index contributed by atoms with van der Waals surface area (Å²) < 4.78 is 35.9. The third-order valence-electron chi connectivity index (χ3n) is 6.94. The van der Waals surface area contributed by atoms with Gasteiger partial charge in [0.15, 0.2) is 17.3 Å². The molecule has 0 bridgehead atoms. The molecule has 3 fully saturated rings. The van der Waals surface area contributed by atoms with Gasteiger partial charge in [0.05, 0.1) is 25.4 Å². The summed E-state index contributed by atoms with van der Waals surface area (Å²) in [4.78, 5) is 32.7. The largest absolute Gasteiger partial charge is 0.394 e. The van der Waals surface area contributed by atoms with Gasteiger partial charge in [0, 0.05) is 44.1 Å². The minimum atomic E-state index is -1.84. The summed E-state index contributed by atoms with van der Waals surface area (Å²) in [6.07, 6.45) is 4.14. The first-order valence-corrected chi connectivity index (χ1v) is 11.7. The number of nitrogen functional groups attached to an aromatic ring is 1. The van der Waals surface area contributed by atoms with Crippen molar-refractivity contribution in [3.8, 4) is 11.3 Å². The molecule has 4 heterocycles. The van der Waals surface area contributed by atoms with Crippen LogP contribution in [0.1, 0.15) is 25.7 Å². The molecule has 2 saturated heterocycles. The minimum absolute atomic E-state index is 0.0276. The van der Waals surface area contributed by atoms with Gasteiger partial charge >= 0.3 is 0 Å². The van der Waals surface area contributed by atoms with Crippen molar-refractivity contribution in [2.75, 3.05) is 62.0 Å². The number of rotatable bonds is 6. The van der Waals surface area contributed by atoms with Crippen molar-refractivity contribution < 1.29 is 23.4 Å². The Morgan fingerprint density at radius 1 is 1.17 bits per heavy atom. The number of likely N-dealkylation sites (tertiary alicyclic amines) is 1. The van der Waals surface area contributed by atoms with Gasteiger partial charge in [-0.05, 0) is 25.7 Å². The summed E-state index contributed by atoms with van der Waals surface area (Å²) in [7, 11) is 0. The first-order valence-electron chi connectivity index (χ1n) is 11.7. The lowest BCUT2D eigenvalue weighted by atomic mass is 9.81. The highest BCUT2D eigenvalue weighted by atomic mass is 19.1. The van der Waals surface area contributed by atoms with Gasteiger partial charge in [-0.25, -0.2) is 23.7 Å². The van der Waals surface area contributed by atoms with E-state index < -0.39 is 29.5 Å². The Hall–Kier alpha value is -3.19. The van der Waals surface area contributed by atoms with Gasteiger partial charge < -0.3 is 30.7 Å². The number of aliphatic hydroxyl groups excluding tert-OH is 1. The number of alkyl halides is 1. The molecule has 35 heavy (non-hydrogen) atoms. The molecule has 3 aliphatic rings. The lowest BCUT2D eigenvalue weighted by Crippen LogP contribution is -2.52. The molecule has 2 aromatic heterocycles. The molecule has 1 amide bonds. The van der Waals surface area contributed by atoms with Crippen LogP contribution in [-0.2, 0) is 9.53 Å². The van der Waals surface area contributed by atoms with Crippen LogP contribution >= 0.6 is 0 Å². The van der Waals surface area contributed by atoms with E-state index in [4.69, 9.17) is 10.5 Å². The number of aliphatic hydroxyl groups is 1. The predicted octanol–water partition coefficient (Wildman–Crippen LogP) is 0.759. The monoisotopic (exact) mass is 490 g/mol. The van der Waals surface area contributed by atoms with Gasteiger partial charge in [0.2, 0.25) is 11.9 Å². The number of morpholine rings is 1. The highest BCUT2D eigenvalue weighted by Gasteiger charge is 2.50. The number of aromatic nitrogens is 4. The van der Waals surface area contributed by atoms with Crippen LogP contribution in [0.2, 0.25) is 0 Å². The Bertz CT molecular complexity index is 1090. The first-order chi connectivity index (χ1) is 16.8. The third kappa shape index (κ3) is 4.45. The van der Waals surface area contributed by atoms with Crippen LogP contribution in [0.3, 0.4) is 0 Å². The number of amides is 1. The number of nitrogens with zero attached hydrogens (tertiary/aromatic N) is 6. The quantitative estimate of drug-likeness (QED) is 0.531. The van der Waals surface area contributed by atoms with Crippen LogP contribution < -0.4 is 16.0 Å². The summed E-state index contributed by atoms with van der Waals surface area (Å²) in [6.45, 7) is 1.89. The Kier molecular flexibility index (Phi) is 6.13. The Morgan fingerprint density at radius 3 is 2.51 bits per heavy atom. The Balaban J connectivity index is 1.47. The fourth-order valence-electron chi connectivity index (χ4n) is 4.63. The molecule has 0 radical (unpaired) electrons. The zero-order valence-electron chi connectivity index (χ0n) is 19.2. The highest BCUT2D eigenvalue weighted by Crippen LogP contribution is 2.39. The average molecular weight is 491 g/mol. The van der Waals surface area contributed by atoms with Crippen molar-refractivity contribution in [2.45, 2.75) is 36.9 Å². The molecule has 0 unspecified atom stereocenters. The van der Waals surface area contributed by atoms with E-state index in [1.54, 1.807) is 0 Å². The zero-order valence-corrected chi connectivity index (χ0v) is 19.2. The standard InChI is InChI=1S/C22H28F2N8O3/c23-15-16(14-10-26-19(25)27-11-14)28-20(31-6-8-35-9-7-31)29-17(15)30-21(13-33)4-5-32(12-21)18(34)22(24)2-1-3-22/h10-11,33H,1-9,12-13H2,(H2,25,26,27)(H,28,29,30)/t21-/m0/s1. The lowest BCUT2D eigenvalue weighted by molar-refractivity contribution is -0.149. The minimum Gasteiger partial charge on any atom is -0.394 e. The van der Waals surface area contributed by atoms with E-state index in [1.165, 1.54) is 17.3 Å². The number of anilines is 3. The summed E-state index contributed by atoms with van der Waals surface area (Å²) in [5.74, 6) is -1.14. The normalized spacial score (nSPS) is 23.7. The van der Waals surface area contributed by atoms with Crippen molar-refractivity contribution in [1.82, 2.24) is 24.8 Å². The molecule has 188 valence electrons. The second-order valence-electron chi connectivity index (χ2n) is 9.32. The maximum Gasteiger partial charge on any atom is 0.260 e. The molecular weight excluding hydrogens is 462 g/mol.